The van der Waals surface area contributed by atoms with Gasteiger partial charge in [-0.15, -0.1) is 0 Å². The molecule has 0 aromatic rings. The van der Waals surface area contributed by atoms with E-state index in [2.05, 4.69) is 36.4 Å². The van der Waals surface area contributed by atoms with Crippen LogP contribution in [0.3, 0.4) is 0 Å². The fourth-order valence-corrected chi connectivity index (χ4v) is 9.56. The molecule has 3 saturated heterocycles. The standard InChI is InChI=1S/C9H21NOSi.C7H17NSi.C5H10O.4CH3O.2Al.2Li.4H/c1-4-5-7-10-8-6-9-12(10,3)11-2;1-2-3-5-8-6-4-7-9-8;1-5-3-2-4-6-5;4*1-2;;;;;;;;/h4-9H2,1-3H3;2-7,9H2,1H3;5H,2-4H2,1H3;4*1H3;;;;;;;;/q;;;4*-1;;+3;2*+1;;;;-1. The minimum absolute atomic E-state index is 0. The largest absolute Gasteiger partial charge is 1.00 e. The Balaban J connectivity index is -0.0000000938. The van der Waals surface area contributed by atoms with Crippen LogP contribution in [0.1, 0.15) is 73.6 Å². The van der Waals surface area contributed by atoms with Crippen molar-refractivity contribution in [3.05, 3.63) is 0 Å². The molecule has 3 aliphatic rings. The van der Waals surface area contributed by atoms with Crippen LogP contribution in [0.4, 0.5) is 0 Å². The van der Waals surface area contributed by atoms with Gasteiger partial charge in [0.2, 0.25) is 0 Å². The van der Waals surface area contributed by atoms with E-state index in [1.54, 1.807) is 27.4 Å². The average Bonchev–Trinajstić information content (AvgIpc) is 3.68. The Kier molecular flexibility index (Phi) is 47.8. The van der Waals surface area contributed by atoms with Gasteiger partial charge in [-0.25, -0.2) is 0 Å². The van der Waals surface area contributed by atoms with Crippen molar-refractivity contribution in [2.45, 2.75) is 96.9 Å². The zero-order chi connectivity index (χ0) is 27.7. The predicted molar refractivity (Wildman–Crippen MR) is 167 cm³/mol. The smallest absolute Gasteiger partial charge is 1.00 e. The molecule has 0 aromatic carbocycles. The second-order valence-corrected chi connectivity index (χ2v) is 17.5. The first-order valence-electron chi connectivity index (χ1n) is 14.0. The van der Waals surface area contributed by atoms with Crippen molar-refractivity contribution < 1.29 is 64.8 Å². The van der Waals surface area contributed by atoms with Crippen molar-refractivity contribution in [2.24, 2.45) is 0 Å². The van der Waals surface area contributed by atoms with Crippen LogP contribution in [-0.2, 0) is 20.5 Å². The monoisotopic (exact) mass is 612 g/mol. The summed E-state index contributed by atoms with van der Waals surface area (Å²) >= 11 is -1.67. The molecule has 3 aliphatic heterocycles. The molecular formula is C25H64Al2Li2N2O6Si2. The number of rotatable bonds is 10. The zero-order valence-corrected chi connectivity index (χ0v) is 30.9. The third kappa shape index (κ3) is 27.6. The molecule has 0 radical (unpaired) electrons. The Bertz CT molecular complexity index is 464. The van der Waals surface area contributed by atoms with Crippen molar-refractivity contribution in [3.63, 3.8) is 0 Å². The van der Waals surface area contributed by atoms with E-state index in [-0.39, 0.29) is 66.2 Å². The molecule has 0 saturated carbocycles. The molecule has 0 N–H and O–H groups in total. The molecule has 39 heavy (non-hydrogen) atoms. The first-order chi connectivity index (χ1) is 17.4. The number of unbranched alkanes of at least 4 members (excludes halogenated alkanes) is 2. The molecule has 0 bridgehead atoms. The fourth-order valence-electron chi connectivity index (χ4n) is 4.34. The molecule has 2 atom stereocenters. The van der Waals surface area contributed by atoms with Crippen molar-refractivity contribution >= 4 is 50.7 Å². The Morgan fingerprint density at radius 2 is 1.51 bits per heavy atom. The van der Waals surface area contributed by atoms with Crippen molar-refractivity contribution in [1.82, 2.24) is 9.13 Å². The maximum atomic E-state index is 8.25. The van der Waals surface area contributed by atoms with Gasteiger partial charge in [0.1, 0.15) is 0 Å². The SMILES string of the molecule is CC1CCCO1.CCCCN1CCC[SiH2]1.CCCCN1CCC[Si]1(C)OC.C[O-].C[O][Al]([O]C)[O]C.[AlH3].[H-].[Li+].[Li+]. The van der Waals surface area contributed by atoms with Crippen molar-refractivity contribution in [2.75, 3.05) is 68.3 Å². The van der Waals surface area contributed by atoms with Crippen LogP contribution in [0.5, 0.6) is 0 Å². The van der Waals surface area contributed by atoms with E-state index in [0.29, 0.717) is 6.10 Å². The average molecular weight is 613 g/mol. The van der Waals surface area contributed by atoms with Gasteiger partial charge in [-0.1, -0.05) is 26.7 Å². The molecule has 0 spiro atoms. The van der Waals surface area contributed by atoms with Gasteiger partial charge >= 0.3 is 52.9 Å². The quantitative estimate of drug-likeness (QED) is 0.233. The second kappa shape index (κ2) is 36.6. The summed E-state index contributed by atoms with van der Waals surface area (Å²) in [5.41, 5.74) is 0. The summed E-state index contributed by atoms with van der Waals surface area (Å²) in [5.74, 6) is 0. The maximum Gasteiger partial charge on any atom is 1.00 e. The zero-order valence-electron chi connectivity index (χ0n) is 28.3. The van der Waals surface area contributed by atoms with Gasteiger partial charge in [0.25, 0.3) is 8.48 Å². The van der Waals surface area contributed by atoms with Crippen LogP contribution < -0.4 is 42.8 Å². The van der Waals surface area contributed by atoms with Crippen molar-refractivity contribution in [1.29, 1.82) is 0 Å². The van der Waals surface area contributed by atoms with E-state index < -0.39 is 23.6 Å². The predicted octanol–water partition coefficient (Wildman–Crippen LogP) is -3.79. The Labute approximate surface area is 287 Å². The number of nitrogens with zero attached hydrogens (tertiary/aromatic N) is 2. The van der Waals surface area contributed by atoms with Crippen LogP contribution in [0, 0.1) is 0 Å². The normalized spacial score (nSPS) is 22.2. The summed E-state index contributed by atoms with van der Waals surface area (Å²) in [6, 6.07) is 2.90. The van der Waals surface area contributed by atoms with Gasteiger partial charge in [-0.05, 0) is 90.3 Å². The molecule has 0 aliphatic carbocycles. The van der Waals surface area contributed by atoms with Crippen LogP contribution in [-0.4, -0.2) is 134 Å². The van der Waals surface area contributed by atoms with E-state index in [1.165, 1.54) is 83.6 Å². The summed E-state index contributed by atoms with van der Waals surface area (Å²) in [4.78, 5) is 0. The number of hydrogen-bond donors (Lipinski definition) is 0. The van der Waals surface area contributed by atoms with Gasteiger partial charge in [-0.3, -0.25) is 0 Å². The van der Waals surface area contributed by atoms with Gasteiger partial charge in [0.05, 0.1) is 15.8 Å². The number of hydrogen-bond acceptors (Lipinski definition) is 8. The Morgan fingerprint density at radius 3 is 1.85 bits per heavy atom. The van der Waals surface area contributed by atoms with Gasteiger partial charge in [0, 0.05) is 35.0 Å². The molecular weight excluding hydrogens is 548 g/mol. The molecule has 0 amide bonds. The van der Waals surface area contributed by atoms with Crippen molar-refractivity contribution in [3.8, 4) is 0 Å². The fraction of sp³-hybridized carbons (Fsp3) is 1.00. The minimum atomic E-state index is -1.67. The van der Waals surface area contributed by atoms with E-state index in [4.69, 9.17) is 25.6 Å². The Morgan fingerprint density at radius 1 is 0.949 bits per heavy atom. The van der Waals surface area contributed by atoms with E-state index in [0.717, 1.165) is 13.7 Å². The molecule has 2 unspecified atom stereocenters. The van der Waals surface area contributed by atoms with Gasteiger partial charge in [0.15, 0.2) is 17.4 Å². The second-order valence-electron chi connectivity index (χ2n) is 9.55. The summed E-state index contributed by atoms with van der Waals surface area (Å²) in [7, 11) is 6.23. The molecule has 3 rings (SSSR count). The van der Waals surface area contributed by atoms with Crippen LogP contribution in [0.25, 0.3) is 0 Å². The number of ether oxygens (including phenoxy) is 1. The molecule has 14 heteroatoms. The first kappa shape index (κ1) is 51.0. The molecule has 3 heterocycles. The third-order valence-corrected chi connectivity index (χ3v) is 13.9. The van der Waals surface area contributed by atoms with Crippen LogP contribution >= 0.6 is 0 Å². The van der Waals surface area contributed by atoms with Crippen LogP contribution in [0.2, 0.25) is 18.6 Å². The summed E-state index contributed by atoms with van der Waals surface area (Å²) in [5, 5.41) is 8.25. The van der Waals surface area contributed by atoms with Crippen LogP contribution in [0.15, 0.2) is 0 Å². The minimum Gasteiger partial charge on any atom is -1.00 e. The molecule has 8 nitrogen and oxygen atoms in total. The summed E-state index contributed by atoms with van der Waals surface area (Å²) in [6.45, 7) is 15.3. The molecule has 226 valence electrons. The maximum absolute atomic E-state index is 8.25. The summed E-state index contributed by atoms with van der Waals surface area (Å²) < 4.78 is 30.4. The van der Waals surface area contributed by atoms with Gasteiger partial charge in [-0.2, -0.15) is 7.11 Å². The van der Waals surface area contributed by atoms with E-state index in [9.17, 15) is 0 Å². The molecule has 3 fully saturated rings. The summed E-state index contributed by atoms with van der Waals surface area (Å²) in [6.07, 6.45) is 11.3. The molecule has 0 aromatic heterocycles. The van der Waals surface area contributed by atoms with E-state index in [1.807, 2.05) is 7.11 Å². The topological polar surface area (TPSA) is 75.7 Å². The van der Waals surface area contributed by atoms with E-state index >= 15 is 0 Å². The Hall–Kier alpha value is 2.37. The van der Waals surface area contributed by atoms with Gasteiger partial charge < -0.3 is 36.2 Å². The first-order valence-corrected chi connectivity index (χ1v) is 19.6. The third-order valence-electron chi connectivity index (χ3n) is 6.72.